The molecule has 1 rings (SSSR count). The molecule has 0 saturated heterocycles. The molecule has 78 valence electrons. The van der Waals surface area contributed by atoms with Crippen molar-refractivity contribution in [2.24, 2.45) is 0 Å². The molecule has 2 heteroatoms. The first-order valence-corrected chi connectivity index (χ1v) is 5.67. The second-order valence-electron chi connectivity index (χ2n) is 3.61. The van der Waals surface area contributed by atoms with Gasteiger partial charge in [-0.3, -0.25) is 0 Å². The molecule has 1 nitrogen and oxygen atoms in total. The molecular weight excluding hydrogens is 194 g/mol. The van der Waals surface area contributed by atoms with Gasteiger partial charge in [-0.25, -0.2) is 0 Å². The Kier molecular flexibility index (Phi) is 4.99. The van der Waals surface area contributed by atoms with Crippen molar-refractivity contribution < 1.29 is 0 Å². The molecule has 1 aromatic carbocycles. The lowest BCUT2D eigenvalue weighted by atomic mass is 10.1. The molecular formula is C12H18ClN. The number of nitrogens with one attached hydrogen (secondary N) is 1. The molecule has 14 heavy (non-hydrogen) atoms. The Bertz CT molecular complexity index is 256. The van der Waals surface area contributed by atoms with Gasteiger partial charge in [-0.2, -0.15) is 0 Å². The number of rotatable bonds is 5. The highest BCUT2D eigenvalue weighted by Gasteiger charge is 1.98. The van der Waals surface area contributed by atoms with Gasteiger partial charge in [-0.1, -0.05) is 31.2 Å². The highest BCUT2D eigenvalue weighted by molar-refractivity contribution is 6.18. The summed E-state index contributed by atoms with van der Waals surface area (Å²) in [6.07, 6.45) is 1.10. The number of halogens is 1. The molecule has 0 fully saturated rings. The van der Waals surface area contributed by atoms with Crippen LogP contribution in [0, 0.1) is 0 Å². The molecule has 0 saturated carbocycles. The molecule has 0 spiro atoms. The van der Waals surface area contributed by atoms with Crippen molar-refractivity contribution in [2.45, 2.75) is 32.9 Å². The molecule has 0 amide bonds. The molecule has 0 aromatic heterocycles. The minimum absolute atomic E-state index is 0.377. The highest BCUT2D eigenvalue weighted by atomic mass is 35.5. The van der Waals surface area contributed by atoms with Gasteiger partial charge >= 0.3 is 0 Å². The lowest BCUT2D eigenvalue weighted by molar-refractivity contribution is 0.593. The molecule has 0 heterocycles. The summed E-state index contributed by atoms with van der Waals surface area (Å²) in [6.45, 7) is 5.16. The quantitative estimate of drug-likeness (QED) is 0.739. The van der Waals surface area contributed by atoms with E-state index in [1.54, 1.807) is 0 Å². The summed E-state index contributed by atoms with van der Waals surface area (Å²) >= 11 is 5.70. The third-order valence-corrected chi connectivity index (χ3v) is 2.78. The largest absolute Gasteiger partial charge is 0.309 e. The van der Waals surface area contributed by atoms with Gasteiger partial charge in [0.15, 0.2) is 0 Å². The zero-order chi connectivity index (χ0) is 10.4. The minimum Gasteiger partial charge on any atom is -0.309 e. The summed E-state index contributed by atoms with van der Waals surface area (Å²) in [7, 11) is 0. The van der Waals surface area contributed by atoms with E-state index < -0.39 is 0 Å². The Morgan fingerprint density at radius 2 is 1.79 bits per heavy atom. The standard InChI is InChI=1S/C12H18ClN/c1-3-11-4-6-12(7-5-11)9-14-10(2)8-13/h4-7,10,14H,3,8-9H2,1-2H3. The summed E-state index contributed by atoms with van der Waals surface area (Å²) in [5.74, 6) is 0.660. The van der Waals surface area contributed by atoms with Crippen LogP contribution in [0.4, 0.5) is 0 Å². The third-order valence-electron chi connectivity index (χ3n) is 2.32. The summed E-state index contributed by atoms with van der Waals surface area (Å²) in [6, 6.07) is 9.09. The van der Waals surface area contributed by atoms with E-state index in [9.17, 15) is 0 Å². The van der Waals surface area contributed by atoms with Crippen LogP contribution in [0.1, 0.15) is 25.0 Å². The van der Waals surface area contributed by atoms with E-state index in [1.165, 1.54) is 11.1 Å². The van der Waals surface area contributed by atoms with Crippen LogP contribution in [-0.4, -0.2) is 11.9 Å². The highest BCUT2D eigenvalue weighted by Crippen LogP contribution is 2.05. The first-order chi connectivity index (χ1) is 6.76. The van der Waals surface area contributed by atoms with Crippen molar-refractivity contribution >= 4 is 11.6 Å². The summed E-state index contributed by atoms with van der Waals surface area (Å²) < 4.78 is 0. The topological polar surface area (TPSA) is 12.0 Å². The molecule has 0 aliphatic carbocycles. The molecule has 0 aliphatic rings. The van der Waals surface area contributed by atoms with Crippen LogP contribution < -0.4 is 5.32 Å². The molecule has 1 atom stereocenters. The number of hydrogen-bond donors (Lipinski definition) is 1. The average Bonchev–Trinajstić information content (AvgIpc) is 2.26. The van der Waals surface area contributed by atoms with E-state index in [4.69, 9.17) is 11.6 Å². The number of alkyl halides is 1. The Balaban J connectivity index is 2.43. The first kappa shape index (κ1) is 11.5. The summed E-state index contributed by atoms with van der Waals surface area (Å²) in [4.78, 5) is 0. The van der Waals surface area contributed by atoms with Gasteiger partial charge in [-0.15, -0.1) is 11.6 Å². The van der Waals surface area contributed by atoms with Crippen molar-refractivity contribution in [2.75, 3.05) is 5.88 Å². The van der Waals surface area contributed by atoms with E-state index in [1.807, 2.05) is 0 Å². The van der Waals surface area contributed by atoms with Gasteiger partial charge in [0.1, 0.15) is 0 Å². The van der Waals surface area contributed by atoms with Gasteiger partial charge in [0.05, 0.1) is 0 Å². The fourth-order valence-corrected chi connectivity index (χ4v) is 1.35. The maximum Gasteiger partial charge on any atom is 0.0374 e. The fourth-order valence-electron chi connectivity index (χ4n) is 1.24. The zero-order valence-corrected chi connectivity index (χ0v) is 9.64. The van der Waals surface area contributed by atoms with Crippen LogP contribution in [0.3, 0.4) is 0 Å². The molecule has 0 bridgehead atoms. The Labute approximate surface area is 91.5 Å². The van der Waals surface area contributed by atoms with E-state index in [2.05, 4.69) is 43.4 Å². The summed E-state index contributed by atoms with van der Waals surface area (Å²) in [5.41, 5.74) is 2.71. The third kappa shape index (κ3) is 3.69. The first-order valence-electron chi connectivity index (χ1n) is 5.13. The van der Waals surface area contributed by atoms with Crippen LogP contribution in [0.2, 0.25) is 0 Å². The van der Waals surface area contributed by atoms with E-state index in [0.717, 1.165) is 13.0 Å². The molecule has 0 radical (unpaired) electrons. The lowest BCUT2D eigenvalue weighted by Gasteiger charge is -2.10. The van der Waals surface area contributed by atoms with Crippen LogP contribution >= 0.6 is 11.6 Å². The predicted molar refractivity (Wildman–Crippen MR) is 62.8 cm³/mol. The van der Waals surface area contributed by atoms with Crippen LogP contribution in [0.5, 0.6) is 0 Å². The normalized spacial score (nSPS) is 12.8. The van der Waals surface area contributed by atoms with E-state index >= 15 is 0 Å². The van der Waals surface area contributed by atoms with E-state index in [-0.39, 0.29) is 0 Å². The zero-order valence-electron chi connectivity index (χ0n) is 8.89. The van der Waals surface area contributed by atoms with Crippen molar-refractivity contribution in [3.8, 4) is 0 Å². The molecule has 1 aromatic rings. The van der Waals surface area contributed by atoms with Gasteiger partial charge in [0.25, 0.3) is 0 Å². The van der Waals surface area contributed by atoms with Crippen LogP contribution in [0.15, 0.2) is 24.3 Å². The number of hydrogen-bond acceptors (Lipinski definition) is 1. The summed E-state index contributed by atoms with van der Waals surface area (Å²) in [5, 5.41) is 3.35. The van der Waals surface area contributed by atoms with Crippen LogP contribution in [0.25, 0.3) is 0 Å². The average molecular weight is 212 g/mol. The van der Waals surface area contributed by atoms with Gasteiger partial charge < -0.3 is 5.32 Å². The number of aryl methyl sites for hydroxylation is 1. The number of benzene rings is 1. The maximum atomic E-state index is 5.70. The second-order valence-corrected chi connectivity index (χ2v) is 3.91. The van der Waals surface area contributed by atoms with Crippen LogP contribution in [-0.2, 0) is 13.0 Å². The Morgan fingerprint density at radius 3 is 2.29 bits per heavy atom. The van der Waals surface area contributed by atoms with Crippen molar-refractivity contribution in [3.63, 3.8) is 0 Å². The SMILES string of the molecule is CCc1ccc(CNC(C)CCl)cc1. The minimum atomic E-state index is 0.377. The van der Waals surface area contributed by atoms with Crippen molar-refractivity contribution in [1.29, 1.82) is 0 Å². The Morgan fingerprint density at radius 1 is 1.21 bits per heavy atom. The van der Waals surface area contributed by atoms with Gasteiger partial charge in [-0.05, 0) is 24.5 Å². The second kappa shape index (κ2) is 6.05. The molecule has 1 N–H and O–H groups in total. The van der Waals surface area contributed by atoms with E-state index in [0.29, 0.717) is 11.9 Å². The van der Waals surface area contributed by atoms with Crippen molar-refractivity contribution in [3.05, 3.63) is 35.4 Å². The van der Waals surface area contributed by atoms with Gasteiger partial charge in [0.2, 0.25) is 0 Å². The smallest absolute Gasteiger partial charge is 0.0374 e. The fraction of sp³-hybridized carbons (Fsp3) is 0.500. The maximum absolute atomic E-state index is 5.70. The molecule has 1 unspecified atom stereocenters. The van der Waals surface area contributed by atoms with Gasteiger partial charge in [0, 0.05) is 18.5 Å². The monoisotopic (exact) mass is 211 g/mol. The molecule has 0 aliphatic heterocycles. The Hall–Kier alpha value is -0.530. The lowest BCUT2D eigenvalue weighted by Crippen LogP contribution is -2.26. The predicted octanol–water partition coefficient (Wildman–Crippen LogP) is 2.97. The van der Waals surface area contributed by atoms with Crippen molar-refractivity contribution in [1.82, 2.24) is 5.32 Å².